The van der Waals surface area contributed by atoms with Gasteiger partial charge in [0.05, 0.1) is 5.92 Å². The van der Waals surface area contributed by atoms with E-state index >= 15 is 0 Å². The molecule has 1 aromatic rings. The lowest BCUT2D eigenvalue weighted by Crippen LogP contribution is -2.42. The minimum absolute atomic E-state index is 0.100. The smallest absolute Gasteiger partial charge is 0.308 e. The van der Waals surface area contributed by atoms with Crippen LogP contribution in [0.15, 0.2) is 24.3 Å². The lowest BCUT2D eigenvalue weighted by Gasteiger charge is -2.31. The van der Waals surface area contributed by atoms with Crippen LogP contribution in [0.5, 0.6) is 0 Å². The fourth-order valence-electron chi connectivity index (χ4n) is 2.78. The monoisotopic (exact) mass is 293 g/mol. The van der Waals surface area contributed by atoms with Crippen LogP contribution in [0.25, 0.3) is 0 Å². The number of amides is 1. The van der Waals surface area contributed by atoms with E-state index in [1.807, 2.05) is 6.92 Å². The summed E-state index contributed by atoms with van der Waals surface area (Å²) in [6, 6.07) is 6.44. The number of halogens is 1. The Kier molecular flexibility index (Phi) is 4.94. The van der Waals surface area contributed by atoms with E-state index in [1.165, 1.54) is 6.07 Å². The van der Waals surface area contributed by atoms with Crippen molar-refractivity contribution in [3.63, 3.8) is 0 Å². The quantitative estimate of drug-likeness (QED) is 0.928. The average molecular weight is 293 g/mol. The maximum Gasteiger partial charge on any atom is 0.308 e. The molecule has 0 bridgehead atoms. The standard InChI is InChI=1S/C16H20FNO3/c1-11(13-6-2-3-7-14(13)17)9-15(19)18-8-4-5-12(10-18)16(20)21/h2-3,6-7,11-12H,4-5,8-10H2,1H3,(H,20,21)/t11-,12+/m0/s1. The molecular formula is C16H20FNO3. The van der Waals surface area contributed by atoms with Crippen molar-refractivity contribution in [3.05, 3.63) is 35.6 Å². The highest BCUT2D eigenvalue weighted by molar-refractivity contribution is 5.78. The number of benzene rings is 1. The number of carbonyl (C=O) groups is 2. The molecule has 1 saturated heterocycles. The van der Waals surface area contributed by atoms with Gasteiger partial charge in [-0.1, -0.05) is 25.1 Å². The second-order valence-electron chi connectivity index (χ2n) is 5.64. The van der Waals surface area contributed by atoms with Gasteiger partial charge in [-0.05, 0) is 30.4 Å². The van der Waals surface area contributed by atoms with E-state index in [4.69, 9.17) is 5.11 Å². The number of carbonyl (C=O) groups excluding carboxylic acids is 1. The van der Waals surface area contributed by atoms with Crippen molar-refractivity contribution in [3.8, 4) is 0 Å². The molecule has 0 aliphatic carbocycles. The fourth-order valence-corrected chi connectivity index (χ4v) is 2.78. The Morgan fingerprint density at radius 2 is 2.14 bits per heavy atom. The van der Waals surface area contributed by atoms with E-state index in [0.717, 1.165) is 0 Å². The molecule has 2 atom stereocenters. The predicted octanol–water partition coefficient (Wildman–Crippen LogP) is 2.64. The van der Waals surface area contributed by atoms with Gasteiger partial charge in [0.25, 0.3) is 0 Å². The maximum atomic E-state index is 13.7. The summed E-state index contributed by atoms with van der Waals surface area (Å²) in [4.78, 5) is 24.9. The van der Waals surface area contributed by atoms with E-state index in [9.17, 15) is 14.0 Å². The average Bonchev–Trinajstić information content (AvgIpc) is 2.47. The first-order valence-corrected chi connectivity index (χ1v) is 7.24. The predicted molar refractivity (Wildman–Crippen MR) is 76.4 cm³/mol. The Hall–Kier alpha value is -1.91. The Bertz CT molecular complexity index is 532. The van der Waals surface area contributed by atoms with Gasteiger partial charge in [0, 0.05) is 19.5 Å². The number of aliphatic carboxylic acids is 1. The van der Waals surface area contributed by atoms with Crippen LogP contribution in [0.1, 0.15) is 37.7 Å². The Morgan fingerprint density at radius 3 is 2.81 bits per heavy atom. The van der Waals surface area contributed by atoms with Crippen LogP contribution >= 0.6 is 0 Å². The first-order valence-electron chi connectivity index (χ1n) is 7.24. The second kappa shape index (κ2) is 6.70. The third-order valence-electron chi connectivity index (χ3n) is 4.04. The summed E-state index contributed by atoms with van der Waals surface area (Å²) in [5.74, 6) is -1.96. The van der Waals surface area contributed by atoms with Gasteiger partial charge in [-0.15, -0.1) is 0 Å². The lowest BCUT2D eigenvalue weighted by molar-refractivity contribution is -0.145. The zero-order valence-corrected chi connectivity index (χ0v) is 12.1. The summed E-state index contributed by atoms with van der Waals surface area (Å²) in [7, 11) is 0. The molecule has 1 N–H and O–H groups in total. The topological polar surface area (TPSA) is 57.6 Å². The van der Waals surface area contributed by atoms with Crippen LogP contribution in [0, 0.1) is 11.7 Å². The number of likely N-dealkylation sites (tertiary alicyclic amines) is 1. The molecule has 1 aliphatic rings. The SMILES string of the molecule is C[C@@H](CC(=O)N1CCC[C@@H](C(=O)O)C1)c1ccccc1F. The van der Waals surface area contributed by atoms with Crippen molar-refractivity contribution >= 4 is 11.9 Å². The normalized spacial score (nSPS) is 20.1. The van der Waals surface area contributed by atoms with Crippen molar-refractivity contribution < 1.29 is 19.1 Å². The van der Waals surface area contributed by atoms with Crippen LogP contribution in [0.2, 0.25) is 0 Å². The van der Waals surface area contributed by atoms with E-state index in [-0.39, 0.29) is 30.6 Å². The summed E-state index contributed by atoms with van der Waals surface area (Å²) >= 11 is 0. The minimum Gasteiger partial charge on any atom is -0.481 e. The van der Waals surface area contributed by atoms with Gasteiger partial charge in [-0.3, -0.25) is 9.59 Å². The molecule has 0 aromatic heterocycles. The summed E-state index contributed by atoms with van der Waals surface area (Å²) in [6.07, 6.45) is 1.52. The first kappa shape index (κ1) is 15.5. The molecule has 1 aromatic carbocycles. The highest BCUT2D eigenvalue weighted by atomic mass is 19.1. The third-order valence-corrected chi connectivity index (χ3v) is 4.04. The molecule has 1 aliphatic heterocycles. The van der Waals surface area contributed by atoms with Crippen LogP contribution in [-0.2, 0) is 9.59 Å². The van der Waals surface area contributed by atoms with Crippen molar-refractivity contribution in [1.82, 2.24) is 4.90 Å². The van der Waals surface area contributed by atoms with Gasteiger partial charge in [-0.25, -0.2) is 4.39 Å². The number of carboxylic acid groups (broad SMARTS) is 1. The number of rotatable bonds is 4. The number of nitrogens with zero attached hydrogens (tertiary/aromatic N) is 1. The van der Waals surface area contributed by atoms with Crippen LogP contribution in [0.3, 0.4) is 0 Å². The first-order chi connectivity index (χ1) is 9.99. The second-order valence-corrected chi connectivity index (χ2v) is 5.64. The molecule has 5 heteroatoms. The largest absolute Gasteiger partial charge is 0.481 e. The zero-order valence-electron chi connectivity index (χ0n) is 12.1. The van der Waals surface area contributed by atoms with Crippen molar-refractivity contribution in [1.29, 1.82) is 0 Å². The molecule has 4 nitrogen and oxygen atoms in total. The Labute approximate surface area is 123 Å². The van der Waals surface area contributed by atoms with E-state index < -0.39 is 11.9 Å². The third kappa shape index (κ3) is 3.80. The van der Waals surface area contributed by atoms with Gasteiger partial charge in [0.1, 0.15) is 5.82 Å². The summed E-state index contributed by atoms with van der Waals surface area (Å²) in [5, 5.41) is 9.05. The molecule has 114 valence electrons. The number of carboxylic acids is 1. The van der Waals surface area contributed by atoms with Gasteiger partial charge >= 0.3 is 5.97 Å². The molecular weight excluding hydrogens is 273 g/mol. The highest BCUT2D eigenvalue weighted by Gasteiger charge is 2.29. The van der Waals surface area contributed by atoms with E-state index in [0.29, 0.717) is 24.9 Å². The van der Waals surface area contributed by atoms with Crippen molar-refractivity contribution in [2.75, 3.05) is 13.1 Å². The molecule has 1 fully saturated rings. The molecule has 1 amide bonds. The summed E-state index contributed by atoms with van der Waals surface area (Å²) in [5.41, 5.74) is 0.526. The zero-order chi connectivity index (χ0) is 15.4. The van der Waals surface area contributed by atoms with E-state index in [2.05, 4.69) is 0 Å². The summed E-state index contributed by atoms with van der Waals surface area (Å²) < 4.78 is 13.7. The fraction of sp³-hybridized carbons (Fsp3) is 0.500. The molecule has 0 radical (unpaired) electrons. The van der Waals surface area contributed by atoms with Gasteiger partial charge in [-0.2, -0.15) is 0 Å². The highest BCUT2D eigenvalue weighted by Crippen LogP contribution is 2.24. The molecule has 1 heterocycles. The van der Waals surface area contributed by atoms with Crippen molar-refractivity contribution in [2.24, 2.45) is 5.92 Å². The molecule has 2 rings (SSSR count). The summed E-state index contributed by atoms with van der Waals surface area (Å²) in [6.45, 7) is 2.67. The number of hydrogen-bond acceptors (Lipinski definition) is 2. The van der Waals surface area contributed by atoms with E-state index in [1.54, 1.807) is 23.1 Å². The van der Waals surface area contributed by atoms with Crippen LogP contribution in [-0.4, -0.2) is 35.0 Å². The maximum absolute atomic E-state index is 13.7. The molecule has 0 saturated carbocycles. The number of piperidine rings is 1. The van der Waals surface area contributed by atoms with Gasteiger partial charge in [0.2, 0.25) is 5.91 Å². The van der Waals surface area contributed by atoms with Gasteiger partial charge in [0.15, 0.2) is 0 Å². The van der Waals surface area contributed by atoms with Crippen LogP contribution < -0.4 is 0 Å². The van der Waals surface area contributed by atoms with Gasteiger partial charge < -0.3 is 10.0 Å². The minimum atomic E-state index is -0.852. The molecule has 0 spiro atoms. The molecule has 21 heavy (non-hydrogen) atoms. The number of hydrogen-bond donors (Lipinski definition) is 1. The van der Waals surface area contributed by atoms with Crippen LogP contribution in [0.4, 0.5) is 4.39 Å². The lowest BCUT2D eigenvalue weighted by atomic mass is 9.94. The Morgan fingerprint density at radius 1 is 1.43 bits per heavy atom. The Balaban J connectivity index is 1.98. The molecule has 0 unspecified atom stereocenters. The van der Waals surface area contributed by atoms with Crippen molar-refractivity contribution in [2.45, 2.75) is 32.1 Å².